The minimum atomic E-state index is -0.369. The highest BCUT2D eigenvalue weighted by Crippen LogP contribution is 2.20. The molecule has 7 heteroatoms. The van der Waals surface area contributed by atoms with E-state index in [-0.39, 0.29) is 18.1 Å². The third-order valence-corrected chi connectivity index (χ3v) is 5.94. The number of imidazole rings is 1. The molecule has 28 heavy (non-hydrogen) atoms. The monoisotopic (exact) mass is 386 g/mol. The molecule has 2 atom stereocenters. The average Bonchev–Trinajstić information content (AvgIpc) is 3.03. The summed E-state index contributed by atoms with van der Waals surface area (Å²) in [5, 5.41) is 10.6. The van der Waals surface area contributed by atoms with Crippen molar-refractivity contribution in [1.82, 2.24) is 19.8 Å². The summed E-state index contributed by atoms with van der Waals surface area (Å²) in [6.45, 7) is 4.57. The Bertz CT molecular complexity index is 754. The van der Waals surface area contributed by atoms with Crippen LogP contribution in [0.5, 0.6) is 0 Å². The number of aromatic nitrogens is 2. The van der Waals surface area contributed by atoms with Crippen LogP contribution in [0.2, 0.25) is 0 Å². The molecule has 7 nitrogen and oxygen atoms in total. The summed E-state index contributed by atoms with van der Waals surface area (Å²) in [7, 11) is 0. The van der Waals surface area contributed by atoms with E-state index in [0.29, 0.717) is 19.4 Å². The lowest BCUT2D eigenvalue weighted by Gasteiger charge is -2.36. The number of aromatic amines is 1. The summed E-state index contributed by atoms with van der Waals surface area (Å²) in [6.07, 6.45) is 3.19. The van der Waals surface area contributed by atoms with E-state index in [0.717, 1.165) is 69.0 Å². The van der Waals surface area contributed by atoms with E-state index in [1.807, 2.05) is 29.2 Å². The Hall–Kier alpha value is -1.96. The van der Waals surface area contributed by atoms with Crippen molar-refractivity contribution >= 4 is 16.9 Å². The van der Waals surface area contributed by atoms with Crippen LogP contribution in [0, 0.1) is 0 Å². The summed E-state index contributed by atoms with van der Waals surface area (Å²) in [4.78, 5) is 24.8. The van der Waals surface area contributed by atoms with Gasteiger partial charge in [0.1, 0.15) is 5.82 Å². The average molecular weight is 386 g/mol. The molecule has 0 bridgehead atoms. The van der Waals surface area contributed by atoms with Crippen molar-refractivity contribution in [2.75, 3.05) is 39.4 Å². The summed E-state index contributed by atoms with van der Waals surface area (Å²) in [5.41, 5.74) is 2.01. The van der Waals surface area contributed by atoms with Crippen LogP contribution >= 0.6 is 0 Å². The smallest absolute Gasteiger partial charge is 0.222 e. The quantitative estimate of drug-likeness (QED) is 0.815. The molecule has 2 aromatic rings. The van der Waals surface area contributed by atoms with E-state index < -0.39 is 0 Å². The van der Waals surface area contributed by atoms with Gasteiger partial charge in [0.05, 0.1) is 30.4 Å². The maximum absolute atomic E-state index is 12.7. The number of hydrogen-bond donors (Lipinski definition) is 2. The van der Waals surface area contributed by atoms with Crippen molar-refractivity contribution in [3.8, 4) is 0 Å². The van der Waals surface area contributed by atoms with E-state index in [9.17, 15) is 9.90 Å². The van der Waals surface area contributed by atoms with Crippen LogP contribution in [0.25, 0.3) is 11.0 Å². The van der Waals surface area contributed by atoms with Crippen LogP contribution in [-0.2, 0) is 16.0 Å². The number of morpholine rings is 1. The first-order chi connectivity index (χ1) is 13.7. The normalized spacial score (nSPS) is 24.4. The van der Waals surface area contributed by atoms with E-state index in [2.05, 4.69) is 14.9 Å². The second-order valence-corrected chi connectivity index (χ2v) is 7.80. The van der Waals surface area contributed by atoms with E-state index >= 15 is 0 Å². The van der Waals surface area contributed by atoms with Crippen LogP contribution < -0.4 is 0 Å². The first-order valence-corrected chi connectivity index (χ1v) is 10.4. The summed E-state index contributed by atoms with van der Waals surface area (Å²) in [6, 6.07) is 8.12. The van der Waals surface area contributed by atoms with Gasteiger partial charge in [0.2, 0.25) is 5.91 Å². The van der Waals surface area contributed by atoms with E-state index in [1.165, 1.54) is 0 Å². The molecule has 2 N–H and O–H groups in total. The molecule has 1 aromatic heterocycles. The van der Waals surface area contributed by atoms with Gasteiger partial charge in [-0.2, -0.15) is 0 Å². The van der Waals surface area contributed by atoms with Crippen molar-refractivity contribution in [3.05, 3.63) is 30.1 Å². The Morgan fingerprint density at radius 3 is 2.79 bits per heavy atom. The molecule has 3 heterocycles. The van der Waals surface area contributed by atoms with Gasteiger partial charge in [0.25, 0.3) is 0 Å². The number of H-pyrrole nitrogens is 1. The molecule has 4 rings (SSSR count). The van der Waals surface area contributed by atoms with Gasteiger partial charge >= 0.3 is 0 Å². The second-order valence-electron chi connectivity index (χ2n) is 7.80. The van der Waals surface area contributed by atoms with Crippen molar-refractivity contribution in [1.29, 1.82) is 0 Å². The molecule has 2 aliphatic rings. The van der Waals surface area contributed by atoms with Gasteiger partial charge < -0.3 is 19.7 Å². The Balaban J connectivity index is 1.26. The molecule has 0 aliphatic carbocycles. The number of rotatable bonds is 5. The van der Waals surface area contributed by atoms with Crippen LogP contribution in [0.3, 0.4) is 0 Å². The maximum atomic E-state index is 12.7. The minimum Gasteiger partial charge on any atom is -0.391 e. The zero-order valence-corrected chi connectivity index (χ0v) is 16.3. The van der Waals surface area contributed by atoms with E-state index in [4.69, 9.17) is 4.74 Å². The van der Waals surface area contributed by atoms with Crippen LogP contribution in [0.4, 0.5) is 0 Å². The highest BCUT2D eigenvalue weighted by molar-refractivity contribution is 5.76. The van der Waals surface area contributed by atoms with Crippen LogP contribution in [-0.4, -0.2) is 82.3 Å². The summed E-state index contributed by atoms with van der Waals surface area (Å²) in [5.74, 6) is 1.12. The van der Waals surface area contributed by atoms with Gasteiger partial charge in [-0.25, -0.2) is 4.98 Å². The van der Waals surface area contributed by atoms with Crippen LogP contribution in [0.1, 0.15) is 31.5 Å². The van der Waals surface area contributed by atoms with Gasteiger partial charge in [-0.15, -0.1) is 0 Å². The van der Waals surface area contributed by atoms with Crippen molar-refractivity contribution in [3.63, 3.8) is 0 Å². The van der Waals surface area contributed by atoms with Gasteiger partial charge in [0.15, 0.2) is 0 Å². The molecule has 1 aromatic carbocycles. The third-order valence-electron chi connectivity index (χ3n) is 5.94. The molecular formula is C21H30N4O3. The lowest BCUT2D eigenvalue weighted by molar-refractivity contribution is -0.131. The fourth-order valence-corrected chi connectivity index (χ4v) is 4.35. The highest BCUT2D eigenvalue weighted by atomic mass is 16.5. The van der Waals surface area contributed by atoms with Gasteiger partial charge in [-0.3, -0.25) is 9.69 Å². The zero-order chi connectivity index (χ0) is 19.3. The largest absolute Gasteiger partial charge is 0.391 e. The molecule has 0 radical (unpaired) electrons. The van der Waals surface area contributed by atoms with Crippen molar-refractivity contribution < 1.29 is 14.6 Å². The molecular weight excluding hydrogens is 356 g/mol. The molecule has 2 saturated heterocycles. The van der Waals surface area contributed by atoms with Gasteiger partial charge in [-0.1, -0.05) is 12.1 Å². The topological polar surface area (TPSA) is 81.7 Å². The number of carbonyl (C=O) groups is 1. The number of ether oxygens (including phenoxy) is 1. The molecule has 0 unspecified atom stereocenters. The first-order valence-electron chi connectivity index (χ1n) is 10.4. The SMILES string of the molecule is O=C(CCCc1nc2ccccc2[nH]1)N1CC[C@H](O)[C@@H](N2CCOCC2)CC1. The van der Waals surface area contributed by atoms with E-state index in [1.54, 1.807) is 0 Å². The fraction of sp³-hybridized carbons (Fsp3) is 0.619. The Labute approximate surface area is 165 Å². The number of aliphatic hydroxyl groups excluding tert-OH is 1. The number of para-hydroxylation sites is 2. The number of hydrogen-bond acceptors (Lipinski definition) is 5. The fourth-order valence-electron chi connectivity index (χ4n) is 4.35. The lowest BCUT2D eigenvalue weighted by atomic mass is 10.0. The lowest BCUT2D eigenvalue weighted by Crippen LogP contribution is -2.49. The third kappa shape index (κ3) is 4.54. The number of aryl methyl sites for hydroxylation is 1. The molecule has 0 saturated carbocycles. The molecule has 2 aliphatic heterocycles. The molecule has 1 amide bonds. The Morgan fingerprint density at radius 1 is 1.18 bits per heavy atom. The van der Waals surface area contributed by atoms with Crippen molar-refractivity contribution in [2.24, 2.45) is 0 Å². The highest BCUT2D eigenvalue weighted by Gasteiger charge is 2.31. The first kappa shape index (κ1) is 19.4. The Morgan fingerprint density at radius 2 is 1.96 bits per heavy atom. The number of amides is 1. The second kappa shape index (κ2) is 9.03. The molecule has 2 fully saturated rings. The maximum Gasteiger partial charge on any atom is 0.222 e. The standard InChI is InChI=1S/C21H30N4O3/c26-19-9-11-25(10-8-18(19)24-12-14-28-15-13-24)21(27)7-3-6-20-22-16-4-1-2-5-17(16)23-20/h1-2,4-5,18-19,26H,3,6-15H2,(H,22,23)/t18-,19-/m0/s1. The molecule has 0 spiro atoms. The predicted molar refractivity (Wildman–Crippen MR) is 107 cm³/mol. The number of likely N-dealkylation sites (tertiary alicyclic amines) is 1. The number of aliphatic hydroxyl groups is 1. The number of nitrogens with zero attached hydrogens (tertiary/aromatic N) is 3. The predicted octanol–water partition coefficient (Wildman–Crippen LogP) is 1.57. The van der Waals surface area contributed by atoms with Gasteiger partial charge in [-0.05, 0) is 31.4 Å². The summed E-state index contributed by atoms with van der Waals surface area (Å²) >= 11 is 0. The van der Waals surface area contributed by atoms with Crippen molar-refractivity contribution in [2.45, 2.75) is 44.2 Å². The van der Waals surface area contributed by atoms with Gasteiger partial charge in [0, 0.05) is 45.1 Å². The number of carbonyl (C=O) groups excluding carboxylic acids is 1. The zero-order valence-electron chi connectivity index (χ0n) is 16.3. The van der Waals surface area contributed by atoms with Crippen LogP contribution in [0.15, 0.2) is 24.3 Å². The summed E-state index contributed by atoms with van der Waals surface area (Å²) < 4.78 is 5.42. The number of nitrogens with one attached hydrogen (secondary N) is 1. The number of benzene rings is 1. The molecule has 152 valence electrons. The minimum absolute atomic E-state index is 0.136. The Kier molecular flexibility index (Phi) is 6.24. The number of fused-ring (bicyclic) bond motifs is 1.